The first kappa shape index (κ1) is 27.8. The van der Waals surface area contributed by atoms with Gasteiger partial charge in [0, 0.05) is 16.5 Å². The van der Waals surface area contributed by atoms with Crippen LogP contribution in [0.25, 0.3) is 89.3 Å². The Bertz CT molecular complexity index is 2610. The van der Waals surface area contributed by atoms with Crippen LogP contribution >= 0.6 is 0 Å². The van der Waals surface area contributed by atoms with Gasteiger partial charge in [-0.25, -0.2) is 9.97 Å². The summed E-state index contributed by atoms with van der Waals surface area (Å²) in [5.74, 6) is 1.12. The van der Waals surface area contributed by atoms with Gasteiger partial charge >= 0.3 is 0 Å². The van der Waals surface area contributed by atoms with Gasteiger partial charge in [0.05, 0.1) is 0 Å². The van der Waals surface area contributed by atoms with E-state index in [1.807, 2.05) is 54.6 Å². The van der Waals surface area contributed by atoms with Gasteiger partial charge < -0.3 is 8.83 Å². The summed E-state index contributed by atoms with van der Waals surface area (Å²) in [4.78, 5) is 9.65. The molecule has 4 heteroatoms. The maximum absolute atomic E-state index is 6.24. The number of hydrogen-bond donors (Lipinski definition) is 0. The van der Waals surface area contributed by atoms with E-state index in [1.165, 1.54) is 38.6 Å². The van der Waals surface area contributed by atoms with Gasteiger partial charge in [0.1, 0.15) is 11.0 Å². The van der Waals surface area contributed by atoms with Gasteiger partial charge in [-0.1, -0.05) is 92.7 Å². The van der Waals surface area contributed by atoms with Gasteiger partial charge in [0.25, 0.3) is 0 Å². The van der Waals surface area contributed by atoms with E-state index in [-0.39, 0.29) is 5.41 Å². The highest BCUT2D eigenvalue weighted by atomic mass is 16.4. The Balaban J connectivity index is 1.09. The molecule has 0 unspecified atom stereocenters. The second kappa shape index (κ2) is 10.4. The zero-order valence-electron chi connectivity index (χ0n) is 27.1. The van der Waals surface area contributed by atoms with Crippen LogP contribution in [0.15, 0.2) is 154 Å². The van der Waals surface area contributed by atoms with E-state index in [4.69, 9.17) is 18.8 Å². The number of oxazole rings is 2. The van der Waals surface area contributed by atoms with E-state index in [0.29, 0.717) is 11.8 Å². The van der Waals surface area contributed by atoms with Gasteiger partial charge in [-0.05, 0) is 122 Å². The molecule has 0 fully saturated rings. The lowest BCUT2D eigenvalue weighted by atomic mass is 9.81. The Morgan fingerprint density at radius 1 is 0.408 bits per heavy atom. The molecule has 1 aliphatic rings. The lowest BCUT2D eigenvalue weighted by molar-refractivity contribution is 0.617. The minimum absolute atomic E-state index is 0.106. The number of nitrogens with zero attached hydrogens (tertiary/aromatic N) is 2. The molecule has 10 rings (SSSR count). The van der Waals surface area contributed by atoms with Crippen molar-refractivity contribution in [2.24, 2.45) is 0 Å². The zero-order valence-corrected chi connectivity index (χ0v) is 27.1. The fourth-order valence-electron chi connectivity index (χ4n) is 7.51. The molecule has 7 aromatic carbocycles. The molecule has 1 aliphatic carbocycles. The Morgan fingerprint density at radius 3 is 1.57 bits per heavy atom. The molecular weight excluding hydrogens is 601 g/mol. The summed E-state index contributed by atoms with van der Waals surface area (Å²) >= 11 is 0. The zero-order chi connectivity index (χ0) is 32.7. The van der Waals surface area contributed by atoms with E-state index in [0.717, 1.165) is 50.0 Å². The van der Waals surface area contributed by atoms with Gasteiger partial charge in [-0.2, -0.15) is 0 Å². The van der Waals surface area contributed by atoms with E-state index >= 15 is 0 Å². The average Bonchev–Trinajstić information content (AvgIpc) is 3.84. The predicted molar refractivity (Wildman–Crippen MR) is 198 cm³/mol. The molecule has 0 atom stereocenters. The molecule has 2 aromatic heterocycles. The summed E-state index contributed by atoms with van der Waals surface area (Å²) in [7, 11) is 0. The molecule has 9 aromatic rings. The van der Waals surface area contributed by atoms with E-state index in [9.17, 15) is 0 Å². The average molecular weight is 631 g/mol. The summed E-state index contributed by atoms with van der Waals surface area (Å²) in [6.45, 7) is 4.69. The van der Waals surface area contributed by atoms with Crippen molar-refractivity contribution in [2.45, 2.75) is 19.3 Å². The molecule has 232 valence electrons. The van der Waals surface area contributed by atoms with Crippen molar-refractivity contribution in [3.05, 3.63) is 157 Å². The molecule has 0 saturated heterocycles. The second-order valence-electron chi connectivity index (χ2n) is 13.5. The molecule has 0 N–H and O–H groups in total. The summed E-state index contributed by atoms with van der Waals surface area (Å²) < 4.78 is 12.5. The standard InChI is InChI=1S/C45H30N2O2/c1-45(2)37-26-31(18-19-35(37)36-24-29-10-3-4-11-30(29)25-38(36)45)27-12-9-13-28(20-27)32-21-33(43-46-39-14-5-7-16-41(39)48-43)23-34(22-32)44-47-40-15-6-8-17-42(40)49-44/h3-26H,1-2H3. The SMILES string of the molecule is CC1(C)c2cc(-c3cccc(-c4cc(-c5nc6ccccc6o5)cc(-c5nc6ccccc6o5)c4)c3)ccc2-c2cc3ccccc3cc21. The lowest BCUT2D eigenvalue weighted by Crippen LogP contribution is -2.15. The Morgan fingerprint density at radius 2 is 0.918 bits per heavy atom. The lowest BCUT2D eigenvalue weighted by Gasteiger charge is -2.22. The Labute approximate surface area is 283 Å². The second-order valence-corrected chi connectivity index (χ2v) is 13.5. The highest BCUT2D eigenvalue weighted by Crippen LogP contribution is 2.51. The highest BCUT2D eigenvalue weighted by molar-refractivity contribution is 5.94. The predicted octanol–water partition coefficient (Wildman–Crippen LogP) is 12.1. The first-order valence-electron chi connectivity index (χ1n) is 16.6. The summed E-state index contributed by atoms with van der Waals surface area (Å²) in [6, 6.07) is 51.1. The van der Waals surface area contributed by atoms with Crippen LogP contribution < -0.4 is 0 Å². The molecule has 4 nitrogen and oxygen atoms in total. The Kier molecular flexibility index (Phi) is 5.89. The minimum Gasteiger partial charge on any atom is -0.436 e. The molecule has 0 saturated carbocycles. The molecule has 49 heavy (non-hydrogen) atoms. The number of para-hydroxylation sites is 4. The van der Waals surface area contributed by atoms with Crippen molar-refractivity contribution in [2.75, 3.05) is 0 Å². The van der Waals surface area contributed by atoms with Gasteiger partial charge in [0.15, 0.2) is 11.2 Å². The van der Waals surface area contributed by atoms with Crippen molar-refractivity contribution in [1.29, 1.82) is 0 Å². The molecule has 0 amide bonds. The molecular formula is C45H30N2O2. The fourth-order valence-corrected chi connectivity index (χ4v) is 7.51. The molecule has 2 heterocycles. The van der Waals surface area contributed by atoms with Crippen LogP contribution in [-0.2, 0) is 5.41 Å². The number of hydrogen-bond acceptors (Lipinski definition) is 4. The van der Waals surface area contributed by atoms with E-state index in [1.54, 1.807) is 0 Å². The van der Waals surface area contributed by atoms with Crippen molar-refractivity contribution in [1.82, 2.24) is 9.97 Å². The number of aromatic nitrogens is 2. The number of benzene rings is 7. The van der Waals surface area contributed by atoms with Crippen LogP contribution in [0.2, 0.25) is 0 Å². The maximum atomic E-state index is 6.24. The summed E-state index contributed by atoms with van der Waals surface area (Å²) in [5.41, 5.74) is 14.6. The fraction of sp³-hybridized carbons (Fsp3) is 0.0667. The highest BCUT2D eigenvalue weighted by Gasteiger charge is 2.36. The Hall–Kier alpha value is -6.26. The van der Waals surface area contributed by atoms with Crippen LogP contribution in [0.3, 0.4) is 0 Å². The summed E-state index contributed by atoms with van der Waals surface area (Å²) in [6.07, 6.45) is 0. The van der Waals surface area contributed by atoms with Gasteiger partial charge in [-0.3, -0.25) is 0 Å². The molecule has 0 spiro atoms. The third kappa shape index (κ3) is 4.45. The monoisotopic (exact) mass is 630 g/mol. The van der Waals surface area contributed by atoms with E-state index in [2.05, 4.69) is 105 Å². The van der Waals surface area contributed by atoms with Crippen molar-refractivity contribution in [3.8, 4) is 56.3 Å². The summed E-state index contributed by atoms with van der Waals surface area (Å²) in [5, 5.41) is 2.56. The third-order valence-corrected chi connectivity index (χ3v) is 10.1. The molecule has 0 bridgehead atoms. The van der Waals surface area contributed by atoms with Crippen LogP contribution in [0.4, 0.5) is 0 Å². The molecule has 0 aliphatic heterocycles. The van der Waals surface area contributed by atoms with E-state index < -0.39 is 0 Å². The largest absolute Gasteiger partial charge is 0.436 e. The normalized spacial score (nSPS) is 13.3. The van der Waals surface area contributed by atoms with Crippen molar-refractivity contribution in [3.63, 3.8) is 0 Å². The van der Waals surface area contributed by atoms with Crippen LogP contribution in [0.1, 0.15) is 25.0 Å². The van der Waals surface area contributed by atoms with Gasteiger partial charge in [0.2, 0.25) is 11.8 Å². The van der Waals surface area contributed by atoms with Crippen LogP contribution in [-0.4, -0.2) is 9.97 Å². The quantitative estimate of drug-likeness (QED) is 0.194. The smallest absolute Gasteiger partial charge is 0.227 e. The van der Waals surface area contributed by atoms with Crippen LogP contribution in [0.5, 0.6) is 0 Å². The first-order valence-corrected chi connectivity index (χ1v) is 16.6. The van der Waals surface area contributed by atoms with Crippen LogP contribution in [0, 0.1) is 0 Å². The van der Waals surface area contributed by atoms with Gasteiger partial charge in [-0.15, -0.1) is 0 Å². The number of rotatable bonds is 4. The van der Waals surface area contributed by atoms with Crippen molar-refractivity contribution >= 4 is 33.0 Å². The third-order valence-electron chi connectivity index (χ3n) is 10.1. The first-order chi connectivity index (χ1) is 24.0. The maximum Gasteiger partial charge on any atom is 0.227 e. The minimum atomic E-state index is -0.106. The molecule has 0 radical (unpaired) electrons. The topological polar surface area (TPSA) is 52.1 Å². The van der Waals surface area contributed by atoms with Crippen molar-refractivity contribution < 1.29 is 8.83 Å². The number of fused-ring (bicyclic) bond motifs is 6.